The second-order valence-corrected chi connectivity index (χ2v) is 7.45. The molecule has 1 saturated heterocycles. The molecule has 0 spiro atoms. The summed E-state index contributed by atoms with van der Waals surface area (Å²) in [6.45, 7) is 3.44. The molecule has 3 heterocycles. The van der Waals surface area contributed by atoms with E-state index < -0.39 is 0 Å². The van der Waals surface area contributed by atoms with E-state index in [2.05, 4.69) is 31.6 Å². The Morgan fingerprint density at radius 1 is 1.14 bits per heavy atom. The zero-order valence-corrected chi connectivity index (χ0v) is 20.1. The van der Waals surface area contributed by atoms with Crippen molar-refractivity contribution >= 4 is 59.0 Å². The highest BCUT2D eigenvalue weighted by atomic mass is 127. The van der Waals surface area contributed by atoms with Gasteiger partial charge in [-0.05, 0) is 43.0 Å². The van der Waals surface area contributed by atoms with Gasteiger partial charge in [0, 0.05) is 45.6 Å². The van der Waals surface area contributed by atoms with Crippen LogP contribution >= 0.6 is 47.2 Å². The number of pyridine rings is 1. The van der Waals surface area contributed by atoms with E-state index in [-0.39, 0.29) is 24.0 Å². The number of nitrogens with zero attached hydrogens (tertiary/aromatic N) is 4. The van der Waals surface area contributed by atoms with E-state index in [1.807, 2.05) is 29.9 Å². The quantitative estimate of drug-likeness (QED) is 0.341. The first-order valence-electron chi connectivity index (χ1n) is 9.22. The molecule has 6 nitrogen and oxygen atoms in total. The lowest BCUT2D eigenvalue weighted by atomic mass is 10.1. The normalized spacial score (nSPS) is 14.6. The molecule has 0 saturated carbocycles. The van der Waals surface area contributed by atoms with Gasteiger partial charge in [0.1, 0.15) is 11.0 Å². The van der Waals surface area contributed by atoms with Crippen molar-refractivity contribution in [3.05, 3.63) is 45.8 Å². The van der Waals surface area contributed by atoms with Crippen LogP contribution in [0.25, 0.3) is 0 Å². The Bertz CT molecular complexity index is 802. The van der Waals surface area contributed by atoms with E-state index in [0.717, 1.165) is 30.6 Å². The molecule has 1 aliphatic rings. The molecule has 28 heavy (non-hydrogen) atoms. The van der Waals surface area contributed by atoms with E-state index >= 15 is 0 Å². The van der Waals surface area contributed by atoms with Gasteiger partial charge >= 0.3 is 0 Å². The van der Waals surface area contributed by atoms with E-state index in [0.29, 0.717) is 23.3 Å². The fourth-order valence-corrected chi connectivity index (χ4v) is 3.62. The van der Waals surface area contributed by atoms with Crippen molar-refractivity contribution in [1.82, 2.24) is 20.2 Å². The zero-order valence-electron chi connectivity index (χ0n) is 16.2. The molecule has 1 fully saturated rings. The highest BCUT2D eigenvalue weighted by Gasteiger charge is 2.13. The van der Waals surface area contributed by atoms with Gasteiger partial charge in [0.05, 0.1) is 11.6 Å². The summed E-state index contributed by atoms with van der Waals surface area (Å²) in [6, 6.07) is 6.05. The van der Waals surface area contributed by atoms with Crippen LogP contribution < -0.4 is 15.5 Å². The van der Waals surface area contributed by atoms with E-state index in [1.165, 1.54) is 24.8 Å². The minimum absolute atomic E-state index is 0. The molecule has 2 N–H and O–H groups in total. The van der Waals surface area contributed by atoms with Gasteiger partial charge in [-0.2, -0.15) is 0 Å². The number of anilines is 1. The summed E-state index contributed by atoms with van der Waals surface area (Å²) in [6.07, 6.45) is 5.68. The van der Waals surface area contributed by atoms with Crippen LogP contribution in [0.1, 0.15) is 30.5 Å². The van der Waals surface area contributed by atoms with Crippen molar-refractivity contribution in [3.63, 3.8) is 0 Å². The monoisotopic (exact) mass is 536 g/mol. The Kier molecular flexibility index (Phi) is 9.17. The Hall–Kier alpha value is -1.19. The summed E-state index contributed by atoms with van der Waals surface area (Å²) in [5, 5.41) is 7.73. The molecule has 3 rings (SSSR count). The number of nitrogens with one attached hydrogen (secondary N) is 2. The third-order valence-electron chi connectivity index (χ3n) is 4.83. The fourth-order valence-electron chi connectivity index (χ4n) is 3.21. The molecule has 154 valence electrons. The molecule has 0 aromatic carbocycles. The highest BCUT2D eigenvalue weighted by molar-refractivity contribution is 14.0. The third kappa shape index (κ3) is 5.90. The molecule has 0 radical (unpaired) electrons. The standard InChI is InChI=1S/C19H26Cl2N6.HI/c1-22-19(25-13-15-11-16(20)18(21)26(15)2)24-12-14-6-7-23-17(10-14)27-8-4-3-5-9-27;/h6-7,10-11H,3-5,8-9,12-13H2,1-2H3,(H2,22,24,25);1H. The van der Waals surface area contributed by atoms with Crippen molar-refractivity contribution in [2.24, 2.45) is 12.0 Å². The zero-order chi connectivity index (χ0) is 19.2. The van der Waals surface area contributed by atoms with Crippen LogP contribution in [0.15, 0.2) is 29.4 Å². The Labute approximate surface area is 193 Å². The summed E-state index contributed by atoms with van der Waals surface area (Å²) in [7, 11) is 3.65. The lowest BCUT2D eigenvalue weighted by Gasteiger charge is -2.28. The minimum atomic E-state index is 0. The maximum atomic E-state index is 6.12. The average molecular weight is 537 g/mol. The van der Waals surface area contributed by atoms with Gasteiger partial charge < -0.3 is 20.1 Å². The van der Waals surface area contributed by atoms with Gasteiger partial charge in [0.25, 0.3) is 0 Å². The molecule has 9 heteroatoms. The van der Waals surface area contributed by atoms with Crippen molar-refractivity contribution < 1.29 is 0 Å². The number of aromatic nitrogens is 2. The van der Waals surface area contributed by atoms with Crippen molar-refractivity contribution in [1.29, 1.82) is 0 Å². The predicted octanol–water partition coefficient (Wildman–Crippen LogP) is 4.20. The van der Waals surface area contributed by atoms with Crippen molar-refractivity contribution in [2.45, 2.75) is 32.4 Å². The van der Waals surface area contributed by atoms with Crippen LogP contribution in [-0.4, -0.2) is 35.6 Å². The van der Waals surface area contributed by atoms with E-state index in [9.17, 15) is 0 Å². The SMILES string of the molecule is CN=C(NCc1ccnc(N2CCCCC2)c1)NCc1cc(Cl)c(Cl)n1C.I. The Morgan fingerprint density at radius 3 is 2.50 bits per heavy atom. The number of rotatable bonds is 5. The smallest absolute Gasteiger partial charge is 0.191 e. The first kappa shape index (κ1) is 23.1. The lowest BCUT2D eigenvalue weighted by molar-refractivity contribution is 0.573. The van der Waals surface area contributed by atoms with Gasteiger partial charge in [-0.3, -0.25) is 4.99 Å². The topological polar surface area (TPSA) is 57.5 Å². The van der Waals surface area contributed by atoms with Crippen LogP contribution in [-0.2, 0) is 20.1 Å². The number of piperidine rings is 1. The van der Waals surface area contributed by atoms with Crippen LogP contribution in [0, 0.1) is 0 Å². The van der Waals surface area contributed by atoms with Gasteiger partial charge in [0.2, 0.25) is 0 Å². The van der Waals surface area contributed by atoms with Crippen LogP contribution in [0.2, 0.25) is 10.2 Å². The molecular weight excluding hydrogens is 510 g/mol. The number of halogens is 3. The van der Waals surface area contributed by atoms with Crippen LogP contribution in [0.4, 0.5) is 5.82 Å². The summed E-state index contributed by atoms with van der Waals surface area (Å²) in [5.74, 6) is 1.78. The number of hydrogen-bond acceptors (Lipinski definition) is 3. The molecule has 2 aromatic rings. The first-order chi connectivity index (χ1) is 13.1. The number of hydrogen-bond donors (Lipinski definition) is 2. The predicted molar refractivity (Wildman–Crippen MR) is 128 cm³/mol. The Balaban J connectivity index is 0.00000280. The average Bonchev–Trinajstić information content (AvgIpc) is 2.96. The number of guanidine groups is 1. The molecule has 1 aliphatic heterocycles. The molecule has 0 unspecified atom stereocenters. The molecule has 2 aromatic heterocycles. The van der Waals surface area contributed by atoms with Crippen LogP contribution in [0.5, 0.6) is 0 Å². The van der Waals surface area contributed by atoms with Gasteiger partial charge in [-0.25, -0.2) is 4.98 Å². The summed E-state index contributed by atoms with van der Waals surface area (Å²) in [5.41, 5.74) is 2.17. The van der Waals surface area contributed by atoms with E-state index in [4.69, 9.17) is 23.2 Å². The summed E-state index contributed by atoms with van der Waals surface area (Å²) < 4.78 is 1.86. The minimum Gasteiger partial charge on any atom is -0.357 e. The molecular formula is C19H27Cl2IN6. The molecule has 0 amide bonds. The Morgan fingerprint density at radius 2 is 1.86 bits per heavy atom. The largest absolute Gasteiger partial charge is 0.357 e. The maximum Gasteiger partial charge on any atom is 0.191 e. The molecule has 0 atom stereocenters. The third-order valence-corrected chi connectivity index (χ3v) is 5.67. The summed E-state index contributed by atoms with van der Waals surface area (Å²) in [4.78, 5) is 11.2. The fraction of sp³-hybridized carbons (Fsp3) is 0.474. The van der Waals surface area contributed by atoms with Gasteiger partial charge in [-0.15, -0.1) is 24.0 Å². The van der Waals surface area contributed by atoms with Crippen molar-refractivity contribution in [2.75, 3.05) is 25.0 Å². The lowest BCUT2D eigenvalue weighted by Crippen LogP contribution is -2.36. The van der Waals surface area contributed by atoms with E-state index in [1.54, 1.807) is 7.05 Å². The second-order valence-electron chi connectivity index (χ2n) is 6.68. The second kappa shape index (κ2) is 11.1. The first-order valence-corrected chi connectivity index (χ1v) is 9.98. The van der Waals surface area contributed by atoms with Crippen molar-refractivity contribution in [3.8, 4) is 0 Å². The molecule has 0 aliphatic carbocycles. The summed E-state index contributed by atoms with van der Waals surface area (Å²) >= 11 is 12.2. The van der Waals surface area contributed by atoms with Gasteiger partial charge in [-0.1, -0.05) is 23.2 Å². The van der Waals surface area contributed by atoms with Crippen LogP contribution in [0.3, 0.4) is 0 Å². The maximum absolute atomic E-state index is 6.12. The number of aliphatic imine (C=N–C) groups is 1. The van der Waals surface area contributed by atoms with Gasteiger partial charge in [0.15, 0.2) is 5.96 Å². The molecule has 0 bridgehead atoms. The highest BCUT2D eigenvalue weighted by Crippen LogP contribution is 2.25.